The molecule has 0 atom stereocenters. The number of carboxylic acids is 1. The van der Waals surface area contributed by atoms with E-state index in [1.807, 2.05) is 30.5 Å². The van der Waals surface area contributed by atoms with E-state index in [9.17, 15) is 4.79 Å². The highest BCUT2D eigenvalue weighted by Gasteiger charge is 2.14. The van der Waals surface area contributed by atoms with Crippen molar-refractivity contribution in [3.05, 3.63) is 39.9 Å². The summed E-state index contributed by atoms with van der Waals surface area (Å²) >= 11 is 4.89. The molecule has 0 unspecified atom stereocenters. The van der Waals surface area contributed by atoms with Gasteiger partial charge in [-0.2, -0.15) is 0 Å². The van der Waals surface area contributed by atoms with Gasteiger partial charge in [0, 0.05) is 17.1 Å². The average molecular weight is 367 g/mol. The first-order valence-electron chi connectivity index (χ1n) is 6.22. The van der Waals surface area contributed by atoms with Gasteiger partial charge in [-0.25, -0.2) is 9.78 Å². The lowest BCUT2D eigenvalue weighted by Crippen LogP contribution is -1.95. The van der Waals surface area contributed by atoms with Gasteiger partial charge in [-0.05, 0) is 41.1 Å². The molecule has 0 spiro atoms. The van der Waals surface area contributed by atoms with Crippen molar-refractivity contribution in [2.45, 2.75) is 6.92 Å². The lowest BCUT2D eigenvalue weighted by molar-refractivity contribution is 0.0691. The standard InChI is InChI=1S/C14H11BrN2O3S/c1-2-20-12-4-3-8(5-9(12)15)11-7-21-14-16-10(13(18)19)6-17(11)14/h3-7H,2H2,1H3,(H,18,19). The molecule has 1 N–H and O–H groups in total. The molecule has 0 radical (unpaired) electrons. The minimum Gasteiger partial charge on any atom is -0.493 e. The van der Waals surface area contributed by atoms with Gasteiger partial charge in [0.15, 0.2) is 10.7 Å². The molecule has 3 aromatic rings. The van der Waals surface area contributed by atoms with Crippen LogP contribution in [0.5, 0.6) is 5.75 Å². The molecule has 1 aromatic carbocycles. The highest BCUT2D eigenvalue weighted by Crippen LogP contribution is 2.33. The van der Waals surface area contributed by atoms with Crippen LogP contribution in [0.1, 0.15) is 17.4 Å². The Balaban J connectivity index is 2.07. The maximum atomic E-state index is 11.0. The number of ether oxygens (including phenoxy) is 1. The van der Waals surface area contributed by atoms with Crippen molar-refractivity contribution in [2.24, 2.45) is 0 Å². The number of thiazole rings is 1. The van der Waals surface area contributed by atoms with Crippen LogP contribution in [0.4, 0.5) is 0 Å². The molecule has 0 fully saturated rings. The van der Waals surface area contributed by atoms with E-state index in [0.717, 1.165) is 21.5 Å². The summed E-state index contributed by atoms with van der Waals surface area (Å²) in [4.78, 5) is 15.7. The summed E-state index contributed by atoms with van der Waals surface area (Å²) in [6.45, 7) is 2.53. The highest BCUT2D eigenvalue weighted by atomic mass is 79.9. The number of aromatic carboxylic acids is 1. The van der Waals surface area contributed by atoms with E-state index in [0.29, 0.717) is 11.6 Å². The summed E-state index contributed by atoms with van der Waals surface area (Å²) in [5.74, 6) is -0.241. The van der Waals surface area contributed by atoms with E-state index < -0.39 is 5.97 Å². The Bertz CT molecular complexity index is 825. The molecule has 0 bridgehead atoms. The van der Waals surface area contributed by atoms with Gasteiger partial charge >= 0.3 is 5.97 Å². The van der Waals surface area contributed by atoms with Gasteiger partial charge in [-0.3, -0.25) is 4.40 Å². The second-order valence-electron chi connectivity index (χ2n) is 4.28. The third-order valence-electron chi connectivity index (χ3n) is 2.96. The van der Waals surface area contributed by atoms with Crippen molar-refractivity contribution < 1.29 is 14.6 Å². The molecule has 0 aliphatic carbocycles. The molecule has 0 aliphatic heterocycles. The Labute approximate surface area is 132 Å². The monoisotopic (exact) mass is 366 g/mol. The fourth-order valence-electron chi connectivity index (χ4n) is 2.03. The summed E-state index contributed by atoms with van der Waals surface area (Å²) in [6.07, 6.45) is 1.54. The third kappa shape index (κ3) is 2.54. The fraction of sp³-hybridized carbons (Fsp3) is 0.143. The summed E-state index contributed by atoms with van der Waals surface area (Å²) in [6, 6.07) is 5.78. The van der Waals surface area contributed by atoms with Crippen LogP contribution in [0.3, 0.4) is 0 Å². The Morgan fingerprint density at radius 2 is 2.33 bits per heavy atom. The Morgan fingerprint density at radius 1 is 1.52 bits per heavy atom. The van der Waals surface area contributed by atoms with Crippen LogP contribution in [-0.4, -0.2) is 27.1 Å². The summed E-state index contributed by atoms with van der Waals surface area (Å²) in [5.41, 5.74) is 1.91. The summed E-state index contributed by atoms with van der Waals surface area (Å²) in [5, 5.41) is 11.0. The Morgan fingerprint density at radius 3 is 3.00 bits per heavy atom. The van der Waals surface area contributed by atoms with Crippen molar-refractivity contribution in [1.82, 2.24) is 9.38 Å². The Hall–Kier alpha value is -1.86. The number of rotatable bonds is 4. The number of carbonyl (C=O) groups is 1. The zero-order valence-electron chi connectivity index (χ0n) is 11.0. The second-order valence-corrected chi connectivity index (χ2v) is 5.97. The van der Waals surface area contributed by atoms with Crippen LogP contribution in [0.15, 0.2) is 34.2 Å². The van der Waals surface area contributed by atoms with E-state index in [1.54, 1.807) is 4.40 Å². The number of hydrogen-bond acceptors (Lipinski definition) is 4. The second kappa shape index (κ2) is 5.50. The quantitative estimate of drug-likeness (QED) is 0.759. The first-order chi connectivity index (χ1) is 10.1. The van der Waals surface area contributed by atoms with E-state index in [2.05, 4.69) is 20.9 Å². The molecular weight excluding hydrogens is 356 g/mol. The lowest BCUT2D eigenvalue weighted by atomic mass is 10.1. The highest BCUT2D eigenvalue weighted by molar-refractivity contribution is 9.10. The van der Waals surface area contributed by atoms with E-state index in [1.165, 1.54) is 17.5 Å². The van der Waals surface area contributed by atoms with Gasteiger partial charge in [-0.1, -0.05) is 0 Å². The first kappa shape index (κ1) is 14.1. The van der Waals surface area contributed by atoms with Gasteiger partial charge in [0.1, 0.15) is 5.75 Å². The molecule has 7 heteroatoms. The summed E-state index contributed by atoms with van der Waals surface area (Å²) in [7, 11) is 0. The maximum Gasteiger partial charge on any atom is 0.356 e. The van der Waals surface area contributed by atoms with Gasteiger partial charge in [0.2, 0.25) is 0 Å². The summed E-state index contributed by atoms with van der Waals surface area (Å²) < 4.78 is 8.14. The lowest BCUT2D eigenvalue weighted by Gasteiger charge is -2.07. The van der Waals surface area contributed by atoms with E-state index >= 15 is 0 Å². The predicted octanol–water partition coefficient (Wildman–Crippen LogP) is 3.92. The average Bonchev–Trinajstić information content (AvgIpc) is 3.01. The van der Waals surface area contributed by atoms with Crippen molar-refractivity contribution in [2.75, 3.05) is 6.61 Å². The van der Waals surface area contributed by atoms with Gasteiger partial charge in [0.25, 0.3) is 0 Å². The fourth-order valence-corrected chi connectivity index (χ4v) is 3.40. The molecule has 21 heavy (non-hydrogen) atoms. The van der Waals surface area contributed by atoms with Crippen LogP contribution in [0.25, 0.3) is 16.2 Å². The van der Waals surface area contributed by atoms with Crippen LogP contribution >= 0.6 is 27.3 Å². The smallest absolute Gasteiger partial charge is 0.356 e. The molecule has 0 amide bonds. The number of carboxylic acid groups (broad SMARTS) is 1. The Kier molecular flexibility index (Phi) is 3.69. The van der Waals surface area contributed by atoms with Crippen LogP contribution in [0.2, 0.25) is 0 Å². The first-order valence-corrected chi connectivity index (χ1v) is 7.90. The van der Waals surface area contributed by atoms with Crippen LogP contribution < -0.4 is 4.74 Å². The largest absolute Gasteiger partial charge is 0.493 e. The van der Waals surface area contributed by atoms with E-state index in [-0.39, 0.29) is 5.69 Å². The normalized spacial score (nSPS) is 11.0. The topological polar surface area (TPSA) is 63.8 Å². The van der Waals surface area contributed by atoms with Crippen molar-refractivity contribution in [1.29, 1.82) is 0 Å². The predicted molar refractivity (Wildman–Crippen MR) is 84.3 cm³/mol. The van der Waals surface area contributed by atoms with Crippen molar-refractivity contribution >= 4 is 38.2 Å². The molecule has 3 rings (SSSR count). The number of nitrogens with zero attached hydrogens (tertiary/aromatic N) is 2. The van der Waals surface area contributed by atoms with Crippen LogP contribution in [0, 0.1) is 0 Å². The molecule has 108 valence electrons. The SMILES string of the molecule is CCOc1ccc(-c2csc3nc(C(=O)O)cn23)cc1Br. The zero-order valence-corrected chi connectivity index (χ0v) is 13.4. The number of aromatic nitrogens is 2. The number of imidazole rings is 1. The van der Waals surface area contributed by atoms with Gasteiger partial charge < -0.3 is 9.84 Å². The molecule has 0 saturated carbocycles. The molecule has 2 heterocycles. The number of hydrogen-bond donors (Lipinski definition) is 1. The third-order valence-corrected chi connectivity index (χ3v) is 4.42. The molecule has 5 nitrogen and oxygen atoms in total. The number of halogens is 1. The van der Waals surface area contributed by atoms with Crippen molar-refractivity contribution in [3.8, 4) is 17.0 Å². The molecule has 0 aliphatic rings. The van der Waals surface area contributed by atoms with Crippen LogP contribution in [-0.2, 0) is 0 Å². The van der Waals surface area contributed by atoms with Gasteiger partial charge in [0.05, 0.1) is 16.8 Å². The van der Waals surface area contributed by atoms with Crippen molar-refractivity contribution in [3.63, 3.8) is 0 Å². The number of benzene rings is 1. The van der Waals surface area contributed by atoms with E-state index in [4.69, 9.17) is 9.84 Å². The van der Waals surface area contributed by atoms with Gasteiger partial charge in [-0.15, -0.1) is 11.3 Å². The molecular formula is C14H11BrN2O3S. The molecule has 0 saturated heterocycles. The minimum atomic E-state index is -1.02. The minimum absolute atomic E-state index is 0.0492. The molecule has 2 aromatic heterocycles. The maximum absolute atomic E-state index is 11.0. The number of fused-ring (bicyclic) bond motifs is 1. The zero-order chi connectivity index (χ0) is 15.0.